The van der Waals surface area contributed by atoms with Gasteiger partial charge in [0.15, 0.2) is 5.78 Å². The molecule has 2 aliphatic rings. The van der Waals surface area contributed by atoms with Crippen LogP contribution in [0.15, 0.2) is 78.9 Å². The first-order chi connectivity index (χ1) is 12.3. The Kier molecular flexibility index (Phi) is 3.24. The molecular formula is C23H19NO. The summed E-state index contributed by atoms with van der Waals surface area (Å²) in [6.45, 7) is 0. The number of hydrogen-bond acceptors (Lipinski definition) is 2. The Morgan fingerprint density at radius 1 is 0.800 bits per heavy atom. The lowest BCUT2D eigenvalue weighted by Gasteiger charge is -2.36. The Balaban J connectivity index is 1.63. The molecule has 0 aromatic heterocycles. The average molecular weight is 325 g/mol. The predicted octanol–water partition coefficient (Wildman–Crippen LogP) is 4.67. The van der Waals surface area contributed by atoms with Gasteiger partial charge in [0, 0.05) is 23.1 Å². The van der Waals surface area contributed by atoms with Crippen molar-refractivity contribution < 1.29 is 4.79 Å². The van der Waals surface area contributed by atoms with Crippen molar-refractivity contribution in [3.8, 4) is 0 Å². The van der Waals surface area contributed by atoms with Crippen LogP contribution in [0.25, 0.3) is 0 Å². The van der Waals surface area contributed by atoms with Crippen LogP contribution in [0.3, 0.4) is 0 Å². The third kappa shape index (κ3) is 2.21. The summed E-state index contributed by atoms with van der Waals surface area (Å²) in [6, 6.07) is 26.6. The maximum absolute atomic E-state index is 13.2. The van der Waals surface area contributed by atoms with Crippen LogP contribution in [0.4, 0.5) is 5.69 Å². The first-order valence-electron chi connectivity index (χ1n) is 8.85. The summed E-state index contributed by atoms with van der Waals surface area (Å²) < 4.78 is 0. The van der Waals surface area contributed by atoms with Crippen molar-refractivity contribution in [2.75, 3.05) is 5.32 Å². The molecule has 0 radical (unpaired) electrons. The maximum Gasteiger partial charge on any atom is 0.185 e. The molecule has 2 heteroatoms. The lowest BCUT2D eigenvalue weighted by molar-refractivity contribution is 0.0938. The number of Topliss-reactive ketones (excluding diaryl/α,β-unsaturated/α-hetero) is 1. The molecule has 3 aromatic carbocycles. The Morgan fingerprint density at radius 2 is 1.48 bits per heavy atom. The van der Waals surface area contributed by atoms with Crippen LogP contribution in [0.2, 0.25) is 0 Å². The number of carbonyl (C=O) groups excluding carboxylic acids is 1. The first-order valence-corrected chi connectivity index (χ1v) is 8.85. The number of para-hydroxylation sites is 1. The number of ketones is 1. The summed E-state index contributed by atoms with van der Waals surface area (Å²) in [7, 11) is 0. The number of nitrogens with one attached hydrogen (secondary N) is 1. The van der Waals surface area contributed by atoms with Gasteiger partial charge in [-0.25, -0.2) is 0 Å². The van der Waals surface area contributed by atoms with Crippen LogP contribution < -0.4 is 5.32 Å². The van der Waals surface area contributed by atoms with Crippen LogP contribution in [-0.4, -0.2) is 11.8 Å². The van der Waals surface area contributed by atoms with E-state index in [1.165, 1.54) is 16.7 Å². The molecule has 1 N–H and O–H groups in total. The molecule has 0 unspecified atom stereocenters. The molecule has 0 saturated heterocycles. The highest BCUT2D eigenvalue weighted by atomic mass is 16.1. The summed E-state index contributed by atoms with van der Waals surface area (Å²) in [6.07, 6.45) is 0.950. The zero-order chi connectivity index (χ0) is 16.8. The second-order valence-corrected chi connectivity index (χ2v) is 6.98. The van der Waals surface area contributed by atoms with Crippen LogP contribution in [0.1, 0.15) is 33.0 Å². The molecule has 1 aliphatic heterocycles. The molecule has 1 heterocycles. The van der Waals surface area contributed by atoms with Crippen molar-refractivity contribution >= 4 is 11.5 Å². The van der Waals surface area contributed by atoms with Crippen molar-refractivity contribution in [3.63, 3.8) is 0 Å². The minimum Gasteiger partial charge on any atom is -0.374 e. The fraction of sp³-hybridized carbons (Fsp3) is 0.174. The Morgan fingerprint density at radius 3 is 2.32 bits per heavy atom. The molecule has 0 spiro atoms. The van der Waals surface area contributed by atoms with E-state index in [0.29, 0.717) is 5.92 Å². The molecule has 0 fully saturated rings. The van der Waals surface area contributed by atoms with Crippen molar-refractivity contribution in [2.24, 2.45) is 5.92 Å². The van der Waals surface area contributed by atoms with Crippen LogP contribution >= 0.6 is 0 Å². The number of anilines is 1. The van der Waals surface area contributed by atoms with E-state index in [0.717, 1.165) is 17.7 Å². The highest BCUT2D eigenvalue weighted by molar-refractivity contribution is 6.02. The summed E-state index contributed by atoms with van der Waals surface area (Å²) in [5, 5.41) is 3.55. The third-order valence-corrected chi connectivity index (χ3v) is 5.65. The van der Waals surface area contributed by atoms with Crippen molar-refractivity contribution in [1.29, 1.82) is 0 Å². The van der Waals surface area contributed by atoms with Crippen LogP contribution in [0.5, 0.6) is 0 Å². The number of rotatable bonds is 2. The van der Waals surface area contributed by atoms with E-state index in [-0.39, 0.29) is 17.7 Å². The monoisotopic (exact) mass is 325 g/mol. The molecule has 3 aromatic rings. The van der Waals surface area contributed by atoms with Crippen molar-refractivity contribution in [3.05, 3.63) is 101 Å². The summed E-state index contributed by atoms with van der Waals surface area (Å²) in [5.74, 6) is 0.754. The van der Waals surface area contributed by atoms with Gasteiger partial charge in [-0.15, -0.1) is 0 Å². The van der Waals surface area contributed by atoms with Crippen LogP contribution in [-0.2, 0) is 6.42 Å². The molecule has 0 saturated carbocycles. The fourth-order valence-electron chi connectivity index (χ4n) is 4.55. The van der Waals surface area contributed by atoms with Crippen LogP contribution in [0, 0.1) is 5.92 Å². The molecule has 0 bridgehead atoms. The molecule has 3 atom stereocenters. The van der Waals surface area contributed by atoms with Crippen molar-refractivity contribution in [1.82, 2.24) is 0 Å². The van der Waals surface area contributed by atoms with E-state index in [2.05, 4.69) is 47.8 Å². The molecule has 5 rings (SSSR count). The number of benzene rings is 3. The topological polar surface area (TPSA) is 29.1 Å². The first kappa shape index (κ1) is 14.5. The summed E-state index contributed by atoms with van der Waals surface area (Å²) >= 11 is 0. The van der Waals surface area contributed by atoms with E-state index in [1.807, 2.05) is 36.4 Å². The van der Waals surface area contributed by atoms with Crippen molar-refractivity contribution in [2.45, 2.75) is 18.4 Å². The number of hydrogen-bond donors (Lipinski definition) is 1. The molecule has 122 valence electrons. The van der Waals surface area contributed by atoms with Gasteiger partial charge in [-0.05, 0) is 29.2 Å². The van der Waals surface area contributed by atoms with Gasteiger partial charge in [0.1, 0.15) is 0 Å². The molecular weight excluding hydrogens is 306 g/mol. The van der Waals surface area contributed by atoms with Gasteiger partial charge in [0.2, 0.25) is 0 Å². The van der Waals surface area contributed by atoms with Gasteiger partial charge in [0.05, 0.1) is 6.04 Å². The van der Waals surface area contributed by atoms with Gasteiger partial charge in [-0.2, -0.15) is 0 Å². The van der Waals surface area contributed by atoms with E-state index in [9.17, 15) is 4.79 Å². The van der Waals surface area contributed by atoms with E-state index in [1.54, 1.807) is 0 Å². The number of carbonyl (C=O) groups is 1. The van der Waals surface area contributed by atoms with Gasteiger partial charge in [-0.3, -0.25) is 4.79 Å². The lowest BCUT2D eigenvalue weighted by atomic mass is 9.75. The Bertz CT molecular complexity index is 947. The molecule has 1 aliphatic carbocycles. The third-order valence-electron chi connectivity index (χ3n) is 5.65. The van der Waals surface area contributed by atoms with Gasteiger partial charge in [-0.1, -0.05) is 72.8 Å². The second-order valence-electron chi connectivity index (χ2n) is 6.98. The predicted molar refractivity (Wildman–Crippen MR) is 100 cm³/mol. The fourth-order valence-corrected chi connectivity index (χ4v) is 4.55. The number of fused-ring (bicyclic) bond motifs is 5. The highest BCUT2D eigenvalue weighted by Gasteiger charge is 2.45. The zero-order valence-corrected chi connectivity index (χ0v) is 13.9. The largest absolute Gasteiger partial charge is 0.374 e. The average Bonchev–Trinajstić information content (AvgIpc) is 3.07. The lowest BCUT2D eigenvalue weighted by Crippen LogP contribution is -2.42. The molecule has 2 nitrogen and oxygen atoms in total. The van der Waals surface area contributed by atoms with Gasteiger partial charge < -0.3 is 5.32 Å². The Hall–Kier alpha value is -2.87. The summed E-state index contributed by atoms with van der Waals surface area (Å²) in [5.41, 5.74) is 5.95. The smallest absolute Gasteiger partial charge is 0.185 e. The van der Waals surface area contributed by atoms with E-state index >= 15 is 0 Å². The SMILES string of the molecule is O=C(c1ccccc1)[C@H]1Nc2ccccc2[C@H]2c3ccccc3C[C@H]21. The highest BCUT2D eigenvalue weighted by Crippen LogP contribution is 2.49. The second kappa shape index (κ2) is 5.59. The minimum absolute atomic E-state index is 0.185. The minimum atomic E-state index is -0.185. The van der Waals surface area contributed by atoms with E-state index < -0.39 is 0 Å². The standard InChI is InChI=1S/C23H19NO/c25-23(15-8-2-1-3-9-15)22-19-14-16-10-4-5-11-17(16)21(19)18-12-6-7-13-20(18)24-22/h1-13,19,21-22,24H,14H2/t19-,21-,22+/m1/s1. The summed E-state index contributed by atoms with van der Waals surface area (Å²) in [4.78, 5) is 13.2. The molecule has 25 heavy (non-hydrogen) atoms. The van der Waals surface area contributed by atoms with Gasteiger partial charge >= 0.3 is 0 Å². The molecule has 0 amide bonds. The zero-order valence-electron chi connectivity index (χ0n) is 13.9. The van der Waals surface area contributed by atoms with E-state index in [4.69, 9.17) is 0 Å². The normalized spacial score (nSPS) is 23.1. The van der Waals surface area contributed by atoms with Gasteiger partial charge in [0.25, 0.3) is 0 Å². The maximum atomic E-state index is 13.2. The quantitative estimate of drug-likeness (QED) is 0.694. The Labute approximate surface area is 147 Å².